The number of pyridine rings is 1. The Kier molecular flexibility index (Phi) is 3.21. The van der Waals surface area contributed by atoms with Crippen LogP contribution in [-0.4, -0.2) is 13.4 Å². The van der Waals surface area contributed by atoms with Crippen LogP contribution < -0.4 is 5.14 Å². The number of primary sulfonamides is 1. The summed E-state index contributed by atoms with van der Waals surface area (Å²) in [6.45, 7) is 1.22. The van der Waals surface area contributed by atoms with Crippen molar-refractivity contribution < 1.29 is 17.2 Å². The van der Waals surface area contributed by atoms with Gasteiger partial charge in [0.15, 0.2) is 5.03 Å². The van der Waals surface area contributed by atoms with Crippen LogP contribution in [0.25, 0.3) is 0 Å². The number of nitriles is 1. The highest BCUT2D eigenvalue weighted by Crippen LogP contribution is 2.28. The number of alkyl halides is 2. The Bertz CT molecular complexity index is 563. The third kappa shape index (κ3) is 2.15. The summed E-state index contributed by atoms with van der Waals surface area (Å²) in [5.41, 5.74) is -1.05. The van der Waals surface area contributed by atoms with E-state index < -0.39 is 27.0 Å². The van der Waals surface area contributed by atoms with E-state index in [1.165, 1.54) is 6.92 Å². The van der Waals surface area contributed by atoms with Crippen LogP contribution in [0.3, 0.4) is 0 Å². The van der Waals surface area contributed by atoms with Crippen molar-refractivity contribution in [2.24, 2.45) is 5.14 Å². The van der Waals surface area contributed by atoms with Crippen molar-refractivity contribution in [2.45, 2.75) is 18.4 Å². The Morgan fingerprint density at radius 1 is 1.56 bits per heavy atom. The van der Waals surface area contributed by atoms with Gasteiger partial charge in [0, 0.05) is 6.20 Å². The lowest BCUT2D eigenvalue weighted by Crippen LogP contribution is -2.18. The molecule has 0 aliphatic heterocycles. The molecule has 0 aliphatic carbocycles. The topological polar surface area (TPSA) is 96.8 Å². The predicted octanol–water partition coefficient (Wildman–Crippen LogP) is 0.847. The first-order valence-electron chi connectivity index (χ1n) is 3.99. The summed E-state index contributed by atoms with van der Waals surface area (Å²) < 4.78 is 47.3. The number of rotatable bonds is 2. The van der Waals surface area contributed by atoms with Gasteiger partial charge in [-0.3, -0.25) is 0 Å². The molecule has 0 saturated heterocycles. The molecule has 1 rings (SSSR count). The van der Waals surface area contributed by atoms with E-state index in [2.05, 4.69) is 4.98 Å². The van der Waals surface area contributed by atoms with Gasteiger partial charge in [-0.25, -0.2) is 27.3 Å². The number of hydrogen-bond acceptors (Lipinski definition) is 4. The van der Waals surface area contributed by atoms with Crippen LogP contribution in [0.2, 0.25) is 0 Å². The summed E-state index contributed by atoms with van der Waals surface area (Å²) >= 11 is 0. The molecule has 1 aromatic rings. The Balaban J connectivity index is 3.69. The Hall–Kier alpha value is -1.59. The number of sulfonamides is 1. The molecular formula is C8H7F2N3O2S. The van der Waals surface area contributed by atoms with Gasteiger partial charge in [0.05, 0.1) is 11.1 Å². The van der Waals surface area contributed by atoms with Crippen molar-refractivity contribution in [3.63, 3.8) is 0 Å². The summed E-state index contributed by atoms with van der Waals surface area (Å²) in [5.74, 6) is 0. The smallest absolute Gasteiger partial charge is 0.242 e. The van der Waals surface area contributed by atoms with Crippen LogP contribution in [0.4, 0.5) is 8.78 Å². The van der Waals surface area contributed by atoms with Crippen LogP contribution in [0.15, 0.2) is 11.2 Å². The minimum atomic E-state index is -4.33. The van der Waals surface area contributed by atoms with Crippen molar-refractivity contribution >= 4 is 10.0 Å². The lowest BCUT2D eigenvalue weighted by atomic mass is 10.1. The highest BCUT2D eigenvalue weighted by Gasteiger charge is 2.25. The van der Waals surface area contributed by atoms with Crippen LogP contribution in [0.5, 0.6) is 0 Å². The minimum Gasteiger partial charge on any atom is -0.242 e. The quantitative estimate of drug-likeness (QED) is 0.837. The molecule has 2 N–H and O–H groups in total. The first kappa shape index (κ1) is 12.5. The molecule has 16 heavy (non-hydrogen) atoms. The fourth-order valence-electron chi connectivity index (χ4n) is 1.19. The molecule has 0 aromatic carbocycles. The highest BCUT2D eigenvalue weighted by molar-refractivity contribution is 7.89. The van der Waals surface area contributed by atoms with Crippen LogP contribution >= 0.6 is 0 Å². The summed E-state index contributed by atoms with van der Waals surface area (Å²) in [5, 5.41) is 12.5. The molecule has 0 amide bonds. The largest absolute Gasteiger partial charge is 0.266 e. The van der Waals surface area contributed by atoms with Gasteiger partial charge >= 0.3 is 0 Å². The molecule has 5 nitrogen and oxygen atoms in total. The van der Waals surface area contributed by atoms with Crippen molar-refractivity contribution in [1.29, 1.82) is 5.26 Å². The van der Waals surface area contributed by atoms with Gasteiger partial charge in [0.1, 0.15) is 6.07 Å². The second-order valence-electron chi connectivity index (χ2n) is 2.97. The molecule has 0 bridgehead atoms. The number of hydrogen-bond donors (Lipinski definition) is 1. The number of nitrogens with two attached hydrogens (primary N) is 1. The van der Waals surface area contributed by atoms with Crippen molar-refractivity contribution in [1.82, 2.24) is 4.98 Å². The van der Waals surface area contributed by atoms with E-state index in [0.29, 0.717) is 0 Å². The van der Waals surface area contributed by atoms with Crippen LogP contribution in [-0.2, 0) is 10.0 Å². The van der Waals surface area contributed by atoms with Gasteiger partial charge in [0.2, 0.25) is 0 Å². The summed E-state index contributed by atoms with van der Waals surface area (Å²) in [7, 11) is -4.33. The molecule has 0 atom stereocenters. The maximum atomic E-state index is 12.7. The molecule has 0 unspecified atom stereocenters. The molecule has 0 spiro atoms. The van der Waals surface area contributed by atoms with E-state index >= 15 is 0 Å². The van der Waals surface area contributed by atoms with E-state index in [9.17, 15) is 17.2 Å². The van der Waals surface area contributed by atoms with E-state index in [1.54, 1.807) is 6.07 Å². The van der Waals surface area contributed by atoms with Crippen molar-refractivity contribution in [2.75, 3.05) is 0 Å². The molecular weight excluding hydrogens is 240 g/mol. The van der Waals surface area contributed by atoms with Gasteiger partial charge in [-0.1, -0.05) is 0 Å². The summed E-state index contributed by atoms with van der Waals surface area (Å²) in [4.78, 5) is 3.29. The van der Waals surface area contributed by atoms with E-state index in [0.717, 1.165) is 6.20 Å². The zero-order valence-electron chi connectivity index (χ0n) is 8.11. The van der Waals surface area contributed by atoms with Crippen molar-refractivity contribution in [3.05, 3.63) is 22.9 Å². The Morgan fingerprint density at radius 2 is 2.12 bits per heavy atom. The van der Waals surface area contributed by atoms with Gasteiger partial charge in [-0.2, -0.15) is 5.26 Å². The second-order valence-corrected chi connectivity index (χ2v) is 4.45. The molecule has 8 heteroatoms. The number of aromatic nitrogens is 1. The zero-order valence-corrected chi connectivity index (χ0v) is 8.92. The maximum Gasteiger partial charge on any atom is 0.266 e. The average Bonchev–Trinajstić information content (AvgIpc) is 2.15. The third-order valence-corrected chi connectivity index (χ3v) is 2.82. The molecule has 86 valence electrons. The molecule has 0 fully saturated rings. The molecule has 0 radical (unpaired) electrons. The predicted molar refractivity (Wildman–Crippen MR) is 50.0 cm³/mol. The lowest BCUT2D eigenvalue weighted by molar-refractivity contribution is 0.146. The second kappa shape index (κ2) is 4.11. The molecule has 0 saturated carbocycles. The fraction of sp³-hybridized carbons (Fsp3) is 0.250. The third-order valence-electron chi connectivity index (χ3n) is 1.96. The number of halogens is 2. The zero-order chi connectivity index (χ0) is 12.5. The van der Waals surface area contributed by atoms with Crippen LogP contribution in [0, 0.1) is 18.3 Å². The Labute approximate surface area is 90.6 Å². The van der Waals surface area contributed by atoms with E-state index in [1.807, 2.05) is 0 Å². The molecule has 1 heterocycles. The first-order chi connectivity index (χ1) is 7.29. The normalized spacial score (nSPS) is 11.5. The minimum absolute atomic E-state index is 0.109. The standard InChI is InChI=1S/C8H7F2N3O2S/c1-4-5(2-11)3-13-8(16(12,14)15)6(4)7(9)10/h3,7H,1H3,(H2,12,14,15). The van der Waals surface area contributed by atoms with Crippen LogP contribution in [0.1, 0.15) is 23.1 Å². The summed E-state index contributed by atoms with van der Waals surface area (Å²) in [6.07, 6.45) is -2.16. The van der Waals surface area contributed by atoms with Gasteiger partial charge in [-0.15, -0.1) is 0 Å². The monoisotopic (exact) mass is 247 g/mol. The summed E-state index contributed by atoms with van der Waals surface area (Å²) in [6, 6.07) is 1.64. The molecule has 1 aromatic heterocycles. The SMILES string of the molecule is Cc1c(C#N)cnc(S(N)(=O)=O)c1C(F)F. The van der Waals surface area contributed by atoms with Gasteiger partial charge in [0.25, 0.3) is 16.4 Å². The van der Waals surface area contributed by atoms with Crippen molar-refractivity contribution in [3.8, 4) is 6.07 Å². The first-order valence-corrected chi connectivity index (χ1v) is 5.54. The average molecular weight is 247 g/mol. The van der Waals surface area contributed by atoms with Gasteiger partial charge < -0.3 is 0 Å². The fourth-order valence-corrected chi connectivity index (χ4v) is 1.94. The maximum absolute atomic E-state index is 12.7. The van der Waals surface area contributed by atoms with E-state index in [4.69, 9.17) is 10.4 Å². The van der Waals surface area contributed by atoms with E-state index in [-0.39, 0.29) is 11.1 Å². The van der Waals surface area contributed by atoms with Gasteiger partial charge in [-0.05, 0) is 12.5 Å². The highest BCUT2D eigenvalue weighted by atomic mass is 32.2. The number of nitrogens with zero attached hydrogens (tertiary/aromatic N) is 2. The lowest BCUT2D eigenvalue weighted by Gasteiger charge is -2.09. The Morgan fingerprint density at radius 3 is 2.50 bits per heavy atom. The molecule has 0 aliphatic rings.